The molecule has 1 aromatic carbocycles. The fourth-order valence-corrected chi connectivity index (χ4v) is 2.37. The molecule has 0 amide bonds. The average Bonchev–Trinajstić information content (AvgIpc) is 2.45. The third-order valence-corrected chi connectivity index (χ3v) is 3.58. The fourth-order valence-electron chi connectivity index (χ4n) is 2.37. The van der Waals surface area contributed by atoms with Gasteiger partial charge >= 0.3 is 0 Å². The SMILES string of the molecule is CCCCN(CCO)CCC(NC)c1cccc(F)c1. The van der Waals surface area contributed by atoms with Crippen molar-refractivity contribution >= 4 is 0 Å². The Labute approximate surface area is 121 Å². The van der Waals surface area contributed by atoms with Gasteiger partial charge in [-0.25, -0.2) is 4.39 Å². The highest BCUT2D eigenvalue weighted by Crippen LogP contribution is 2.18. The summed E-state index contributed by atoms with van der Waals surface area (Å²) in [7, 11) is 1.90. The molecule has 1 aromatic rings. The third kappa shape index (κ3) is 5.99. The van der Waals surface area contributed by atoms with Crippen LogP contribution in [0.25, 0.3) is 0 Å². The number of hydrogen-bond donors (Lipinski definition) is 2. The Morgan fingerprint density at radius 2 is 2.10 bits per heavy atom. The molecule has 0 aromatic heterocycles. The number of unbranched alkanes of at least 4 members (excludes halogenated alkanes) is 1. The van der Waals surface area contributed by atoms with E-state index in [-0.39, 0.29) is 18.5 Å². The second-order valence-corrected chi connectivity index (χ2v) is 5.10. The van der Waals surface area contributed by atoms with Crippen molar-refractivity contribution in [3.8, 4) is 0 Å². The molecule has 0 aliphatic carbocycles. The maximum absolute atomic E-state index is 13.3. The Kier molecular flexibility index (Phi) is 8.42. The van der Waals surface area contributed by atoms with Gasteiger partial charge in [-0.15, -0.1) is 0 Å². The van der Waals surface area contributed by atoms with Gasteiger partial charge in [-0.1, -0.05) is 25.5 Å². The lowest BCUT2D eigenvalue weighted by atomic mass is 10.0. The molecule has 0 radical (unpaired) electrons. The van der Waals surface area contributed by atoms with E-state index in [1.54, 1.807) is 12.1 Å². The molecule has 20 heavy (non-hydrogen) atoms. The van der Waals surface area contributed by atoms with E-state index in [0.717, 1.165) is 37.9 Å². The van der Waals surface area contributed by atoms with Crippen LogP contribution in [0, 0.1) is 5.82 Å². The van der Waals surface area contributed by atoms with Gasteiger partial charge in [0.15, 0.2) is 0 Å². The molecule has 0 fully saturated rings. The summed E-state index contributed by atoms with van der Waals surface area (Å²) in [5.41, 5.74) is 0.979. The van der Waals surface area contributed by atoms with Gasteiger partial charge in [-0.3, -0.25) is 0 Å². The lowest BCUT2D eigenvalue weighted by Gasteiger charge is -2.24. The molecule has 0 bridgehead atoms. The number of hydrogen-bond acceptors (Lipinski definition) is 3. The predicted molar refractivity (Wildman–Crippen MR) is 81.3 cm³/mol. The maximum atomic E-state index is 13.3. The van der Waals surface area contributed by atoms with Crippen LogP contribution in [-0.4, -0.2) is 43.3 Å². The van der Waals surface area contributed by atoms with Gasteiger partial charge in [0.05, 0.1) is 6.61 Å². The molecule has 0 aliphatic rings. The van der Waals surface area contributed by atoms with Gasteiger partial charge in [0.25, 0.3) is 0 Å². The first kappa shape index (κ1) is 17.1. The summed E-state index contributed by atoms with van der Waals surface area (Å²) in [6.45, 7) is 4.98. The van der Waals surface area contributed by atoms with Crippen molar-refractivity contribution in [2.24, 2.45) is 0 Å². The highest BCUT2D eigenvalue weighted by atomic mass is 19.1. The van der Waals surface area contributed by atoms with Crippen LogP contribution in [0.2, 0.25) is 0 Å². The molecular formula is C16H27FN2O. The highest BCUT2D eigenvalue weighted by molar-refractivity contribution is 5.20. The summed E-state index contributed by atoms with van der Waals surface area (Å²) in [4.78, 5) is 2.27. The van der Waals surface area contributed by atoms with Crippen LogP contribution in [0.5, 0.6) is 0 Å². The van der Waals surface area contributed by atoms with Gasteiger partial charge in [-0.2, -0.15) is 0 Å². The van der Waals surface area contributed by atoms with Crippen LogP contribution in [0.3, 0.4) is 0 Å². The number of aliphatic hydroxyl groups is 1. The molecule has 114 valence electrons. The highest BCUT2D eigenvalue weighted by Gasteiger charge is 2.12. The fraction of sp³-hybridized carbons (Fsp3) is 0.625. The molecule has 1 atom stereocenters. The molecule has 0 heterocycles. The van der Waals surface area contributed by atoms with Crippen LogP contribution in [0.1, 0.15) is 37.8 Å². The summed E-state index contributed by atoms with van der Waals surface area (Å²) in [5.74, 6) is -0.194. The Morgan fingerprint density at radius 3 is 2.70 bits per heavy atom. The molecule has 3 nitrogen and oxygen atoms in total. The lowest BCUT2D eigenvalue weighted by molar-refractivity contribution is 0.188. The summed E-state index contributed by atoms with van der Waals surface area (Å²) in [5, 5.41) is 12.3. The minimum absolute atomic E-state index is 0.147. The maximum Gasteiger partial charge on any atom is 0.123 e. The van der Waals surface area contributed by atoms with Crippen molar-refractivity contribution in [1.82, 2.24) is 10.2 Å². The summed E-state index contributed by atoms with van der Waals surface area (Å²) >= 11 is 0. The van der Waals surface area contributed by atoms with Crippen LogP contribution >= 0.6 is 0 Å². The normalized spacial score (nSPS) is 12.8. The van der Waals surface area contributed by atoms with E-state index < -0.39 is 0 Å². The van der Waals surface area contributed by atoms with Crippen molar-refractivity contribution in [3.05, 3.63) is 35.6 Å². The summed E-state index contributed by atoms with van der Waals surface area (Å²) in [6.07, 6.45) is 3.20. The Morgan fingerprint density at radius 1 is 1.30 bits per heavy atom. The lowest BCUT2D eigenvalue weighted by Crippen LogP contribution is -2.31. The first-order valence-electron chi connectivity index (χ1n) is 7.47. The molecule has 0 saturated carbocycles. The number of aliphatic hydroxyl groups excluding tert-OH is 1. The zero-order valence-corrected chi connectivity index (χ0v) is 12.6. The molecule has 1 rings (SSSR count). The number of rotatable bonds is 10. The zero-order valence-electron chi connectivity index (χ0n) is 12.6. The van der Waals surface area contributed by atoms with Crippen LogP contribution in [0.15, 0.2) is 24.3 Å². The first-order valence-corrected chi connectivity index (χ1v) is 7.47. The van der Waals surface area contributed by atoms with E-state index in [1.165, 1.54) is 6.07 Å². The quantitative estimate of drug-likeness (QED) is 0.692. The molecule has 0 spiro atoms. The van der Waals surface area contributed by atoms with Gasteiger partial charge in [0, 0.05) is 19.1 Å². The first-order chi connectivity index (χ1) is 9.71. The second kappa shape index (κ2) is 9.86. The van der Waals surface area contributed by atoms with E-state index in [1.807, 2.05) is 13.1 Å². The van der Waals surface area contributed by atoms with Crippen LogP contribution < -0.4 is 5.32 Å². The zero-order chi connectivity index (χ0) is 14.8. The monoisotopic (exact) mass is 282 g/mol. The molecule has 1 unspecified atom stereocenters. The Balaban J connectivity index is 2.54. The largest absolute Gasteiger partial charge is 0.395 e. The van der Waals surface area contributed by atoms with E-state index in [0.29, 0.717) is 6.54 Å². The van der Waals surface area contributed by atoms with Crippen LogP contribution in [0.4, 0.5) is 4.39 Å². The van der Waals surface area contributed by atoms with Crippen molar-refractivity contribution in [1.29, 1.82) is 0 Å². The summed E-state index contributed by atoms with van der Waals surface area (Å²) in [6, 6.07) is 6.90. The van der Waals surface area contributed by atoms with Gasteiger partial charge < -0.3 is 15.3 Å². The van der Waals surface area contributed by atoms with E-state index in [4.69, 9.17) is 5.11 Å². The van der Waals surface area contributed by atoms with E-state index in [2.05, 4.69) is 17.1 Å². The second-order valence-electron chi connectivity index (χ2n) is 5.10. The molecule has 2 N–H and O–H groups in total. The molecule has 4 heteroatoms. The van der Waals surface area contributed by atoms with E-state index >= 15 is 0 Å². The molecule has 0 saturated heterocycles. The topological polar surface area (TPSA) is 35.5 Å². The molecule has 0 aliphatic heterocycles. The number of nitrogens with zero attached hydrogens (tertiary/aromatic N) is 1. The van der Waals surface area contributed by atoms with Crippen LogP contribution in [-0.2, 0) is 0 Å². The Hall–Kier alpha value is -0.970. The van der Waals surface area contributed by atoms with Gasteiger partial charge in [0.2, 0.25) is 0 Å². The Bertz CT molecular complexity index is 373. The van der Waals surface area contributed by atoms with E-state index in [9.17, 15) is 4.39 Å². The van der Waals surface area contributed by atoms with Crippen molar-refractivity contribution in [3.63, 3.8) is 0 Å². The average molecular weight is 282 g/mol. The van der Waals surface area contributed by atoms with Crippen molar-refractivity contribution in [2.75, 3.05) is 33.3 Å². The molecular weight excluding hydrogens is 255 g/mol. The summed E-state index contributed by atoms with van der Waals surface area (Å²) < 4.78 is 13.3. The van der Waals surface area contributed by atoms with Gasteiger partial charge in [0.1, 0.15) is 5.82 Å². The minimum Gasteiger partial charge on any atom is -0.395 e. The van der Waals surface area contributed by atoms with Gasteiger partial charge in [-0.05, 0) is 44.1 Å². The number of benzene rings is 1. The number of nitrogens with one attached hydrogen (secondary N) is 1. The third-order valence-electron chi connectivity index (χ3n) is 3.58. The standard InChI is InChI=1S/C16H27FN2O/c1-3-4-9-19(11-12-20)10-8-16(18-2)14-6-5-7-15(17)13-14/h5-7,13,16,18,20H,3-4,8-12H2,1-2H3. The predicted octanol–water partition coefficient (Wildman–Crippen LogP) is 2.57. The minimum atomic E-state index is -0.194. The smallest absolute Gasteiger partial charge is 0.123 e. The number of halogens is 1. The van der Waals surface area contributed by atoms with Crippen molar-refractivity contribution < 1.29 is 9.50 Å². The van der Waals surface area contributed by atoms with Crippen molar-refractivity contribution in [2.45, 2.75) is 32.2 Å².